The van der Waals surface area contributed by atoms with Gasteiger partial charge in [-0.3, -0.25) is 0 Å². The Bertz CT molecular complexity index is 225. The lowest BCUT2D eigenvalue weighted by molar-refractivity contribution is 0.541. The lowest BCUT2D eigenvalue weighted by Crippen LogP contribution is -2.25. The van der Waals surface area contributed by atoms with Crippen LogP contribution in [0, 0.1) is 11.8 Å². The molecule has 0 atom stereocenters. The molecule has 130 valence electrons. The number of hydrogen-bond acceptors (Lipinski definition) is 4. The fourth-order valence-electron chi connectivity index (χ4n) is 2.68. The predicted octanol–water partition coefficient (Wildman–Crippen LogP) is 1.73. The van der Waals surface area contributed by atoms with Gasteiger partial charge in [0.05, 0.1) is 0 Å². The van der Waals surface area contributed by atoms with Gasteiger partial charge in [-0.25, -0.2) is 0 Å². The molecular formula is C18H38N4. The van der Waals surface area contributed by atoms with Gasteiger partial charge in [0, 0.05) is 0 Å². The molecule has 4 N–H and O–H groups in total. The summed E-state index contributed by atoms with van der Waals surface area (Å²) in [6, 6.07) is 0. The standard InChI is InChI=1S/C18H38N4/c1(9-19-11-3-13-21-15-17-5-6-17)2-10-20-12-4-14-22-16-18-7-8-18/h17-22H,1-16H2. The highest BCUT2D eigenvalue weighted by molar-refractivity contribution is 4.75. The van der Waals surface area contributed by atoms with Crippen LogP contribution in [0.2, 0.25) is 0 Å². The van der Waals surface area contributed by atoms with Gasteiger partial charge in [-0.1, -0.05) is 0 Å². The van der Waals surface area contributed by atoms with E-state index in [2.05, 4.69) is 21.3 Å². The Labute approximate surface area is 137 Å². The topological polar surface area (TPSA) is 48.1 Å². The van der Waals surface area contributed by atoms with Gasteiger partial charge in [0.25, 0.3) is 0 Å². The van der Waals surface area contributed by atoms with E-state index in [9.17, 15) is 0 Å². The van der Waals surface area contributed by atoms with Gasteiger partial charge < -0.3 is 21.3 Å². The molecule has 2 aliphatic carbocycles. The summed E-state index contributed by atoms with van der Waals surface area (Å²) in [4.78, 5) is 0. The average Bonchev–Trinajstić information content (AvgIpc) is 3.41. The van der Waals surface area contributed by atoms with Crippen molar-refractivity contribution in [3.05, 3.63) is 0 Å². The van der Waals surface area contributed by atoms with E-state index in [0.717, 1.165) is 24.9 Å². The molecule has 0 saturated heterocycles. The van der Waals surface area contributed by atoms with Crippen LogP contribution in [0.1, 0.15) is 51.4 Å². The molecule has 0 radical (unpaired) electrons. The quantitative estimate of drug-likeness (QED) is 0.309. The Morgan fingerprint density at radius 3 is 1.23 bits per heavy atom. The summed E-state index contributed by atoms with van der Waals surface area (Å²) in [5, 5.41) is 14.2. The minimum absolute atomic E-state index is 1.01. The first-order chi connectivity index (χ1) is 10.9. The molecule has 4 nitrogen and oxygen atoms in total. The predicted molar refractivity (Wildman–Crippen MR) is 95.4 cm³/mol. The summed E-state index contributed by atoms with van der Waals surface area (Å²) in [6.07, 6.45) is 10.9. The second-order valence-electron chi connectivity index (χ2n) is 7.21. The molecule has 0 bridgehead atoms. The van der Waals surface area contributed by atoms with Crippen LogP contribution < -0.4 is 21.3 Å². The fraction of sp³-hybridized carbons (Fsp3) is 1.00. The normalized spacial score (nSPS) is 18.0. The van der Waals surface area contributed by atoms with Crippen molar-refractivity contribution in [1.29, 1.82) is 0 Å². The Morgan fingerprint density at radius 1 is 0.455 bits per heavy atom. The van der Waals surface area contributed by atoms with Crippen molar-refractivity contribution in [3.8, 4) is 0 Å². The average molecular weight is 311 g/mol. The summed E-state index contributed by atoms with van der Waals surface area (Å²) in [5.74, 6) is 2.02. The number of hydrogen-bond donors (Lipinski definition) is 4. The van der Waals surface area contributed by atoms with E-state index in [1.165, 1.54) is 90.6 Å². The van der Waals surface area contributed by atoms with Crippen molar-refractivity contribution >= 4 is 0 Å². The summed E-state index contributed by atoms with van der Waals surface area (Å²) in [6.45, 7) is 9.54. The van der Waals surface area contributed by atoms with Gasteiger partial charge in [-0.15, -0.1) is 0 Å². The molecular weight excluding hydrogens is 272 g/mol. The first kappa shape index (κ1) is 18.2. The van der Waals surface area contributed by atoms with Crippen molar-refractivity contribution in [2.24, 2.45) is 11.8 Å². The van der Waals surface area contributed by atoms with Crippen LogP contribution in [0.25, 0.3) is 0 Å². The van der Waals surface area contributed by atoms with Crippen LogP contribution in [0.5, 0.6) is 0 Å². The number of rotatable bonds is 17. The molecule has 0 unspecified atom stereocenters. The van der Waals surface area contributed by atoms with E-state index >= 15 is 0 Å². The lowest BCUT2D eigenvalue weighted by Gasteiger charge is -2.07. The zero-order valence-corrected chi connectivity index (χ0v) is 14.5. The molecule has 22 heavy (non-hydrogen) atoms. The minimum Gasteiger partial charge on any atom is -0.317 e. The maximum Gasteiger partial charge on any atom is -0.00205 e. The summed E-state index contributed by atoms with van der Waals surface area (Å²) in [7, 11) is 0. The lowest BCUT2D eigenvalue weighted by atomic mass is 10.3. The highest BCUT2D eigenvalue weighted by Crippen LogP contribution is 2.27. The number of unbranched alkanes of at least 4 members (excludes halogenated alkanes) is 1. The van der Waals surface area contributed by atoms with Crippen molar-refractivity contribution in [3.63, 3.8) is 0 Å². The van der Waals surface area contributed by atoms with Gasteiger partial charge in [0.15, 0.2) is 0 Å². The smallest absolute Gasteiger partial charge is 0.00205 e. The molecule has 0 aliphatic heterocycles. The maximum absolute atomic E-state index is 3.55. The molecule has 0 spiro atoms. The molecule has 2 saturated carbocycles. The monoisotopic (exact) mass is 310 g/mol. The zero-order valence-electron chi connectivity index (χ0n) is 14.5. The highest BCUT2D eigenvalue weighted by Gasteiger charge is 2.20. The highest BCUT2D eigenvalue weighted by atomic mass is 14.9. The fourth-order valence-corrected chi connectivity index (χ4v) is 2.68. The Balaban J connectivity index is 1.16. The maximum atomic E-state index is 3.55. The van der Waals surface area contributed by atoms with Crippen molar-refractivity contribution in [2.45, 2.75) is 51.4 Å². The van der Waals surface area contributed by atoms with Crippen LogP contribution >= 0.6 is 0 Å². The molecule has 0 aromatic heterocycles. The molecule has 2 rings (SSSR count). The van der Waals surface area contributed by atoms with Gasteiger partial charge in [-0.2, -0.15) is 0 Å². The molecule has 2 fully saturated rings. The third-order valence-corrected chi connectivity index (χ3v) is 4.63. The second-order valence-corrected chi connectivity index (χ2v) is 7.21. The zero-order chi connectivity index (χ0) is 15.3. The summed E-state index contributed by atoms with van der Waals surface area (Å²) >= 11 is 0. The van der Waals surface area contributed by atoms with E-state index in [1.54, 1.807) is 0 Å². The molecule has 0 amide bonds. The molecule has 4 heteroatoms. The number of nitrogens with one attached hydrogen (secondary N) is 4. The molecule has 0 aromatic rings. The van der Waals surface area contributed by atoms with Crippen molar-refractivity contribution < 1.29 is 0 Å². The van der Waals surface area contributed by atoms with Crippen LogP contribution in [0.15, 0.2) is 0 Å². The van der Waals surface area contributed by atoms with Crippen molar-refractivity contribution in [2.75, 3.05) is 52.4 Å². The molecule has 2 aliphatic rings. The first-order valence-corrected chi connectivity index (χ1v) is 9.78. The summed E-state index contributed by atoms with van der Waals surface area (Å²) in [5.41, 5.74) is 0. The third-order valence-electron chi connectivity index (χ3n) is 4.63. The van der Waals surface area contributed by atoms with E-state index < -0.39 is 0 Å². The third kappa shape index (κ3) is 11.4. The SMILES string of the molecule is C(CCNCCCNCC1CC1)CNCCCNCC1CC1. The Morgan fingerprint density at radius 2 is 0.818 bits per heavy atom. The van der Waals surface area contributed by atoms with E-state index in [1.807, 2.05) is 0 Å². The first-order valence-electron chi connectivity index (χ1n) is 9.78. The van der Waals surface area contributed by atoms with E-state index in [-0.39, 0.29) is 0 Å². The van der Waals surface area contributed by atoms with Crippen LogP contribution in [0.3, 0.4) is 0 Å². The molecule has 0 aromatic carbocycles. The van der Waals surface area contributed by atoms with Crippen LogP contribution in [0.4, 0.5) is 0 Å². The van der Waals surface area contributed by atoms with Gasteiger partial charge in [-0.05, 0) is 116 Å². The van der Waals surface area contributed by atoms with Crippen molar-refractivity contribution in [1.82, 2.24) is 21.3 Å². The van der Waals surface area contributed by atoms with E-state index in [0.29, 0.717) is 0 Å². The van der Waals surface area contributed by atoms with Crippen LogP contribution in [-0.4, -0.2) is 52.4 Å². The van der Waals surface area contributed by atoms with Crippen LogP contribution in [-0.2, 0) is 0 Å². The Kier molecular flexibility index (Phi) is 10.2. The molecule has 0 heterocycles. The summed E-state index contributed by atoms with van der Waals surface area (Å²) < 4.78 is 0. The Hall–Kier alpha value is -0.160. The minimum atomic E-state index is 1.01. The van der Waals surface area contributed by atoms with Gasteiger partial charge in [0.1, 0.15) is 0 Å². The van der Waals surface area contributed by atoms with Gasteiger partial charge in [0.2, 0.25) is 0 Å². The van der Waals surface area contributed by atoms with E-state index in [4.69, 9.17) is 0 Å². The largest absolute Gasteiger partial charge is 0.317 e. The van der Waals surface area contributed by atoms with Gasteiger partial charge >= 0.3 is 0 Å². The second kappa shape index (κ2) is 12.3.